The van der Waals surface area contributed by atoms with Gasteiger partial charge in [0.25, 0.3) is 0 Å². The van der Waals surface area contributed by atoms with E-state index in [2.05, 4.69) is 40.7 Å². The molecule has 132 valence electrons. The topological polar surface area (TPSA) is 26.3 Å². The number of methoxy groups -OCH3 is 1. The van der Waals surface area contributed by atoms with Crippen LogP contribution in [0.2, 0.25) is 0 Å². The number of rotatable bonds is 5. The minimum Gasteiger partial charge on any atom is -0.469 e. The highest BCUT2D eigenvalue weighted by Crippen LogP contribution is 2.60. The lowest BCUT2D eigenvalue weighted by Crippen LogP contribution is -2.48. The van der Waals surface area contributed by atoms with E-state index in [0.717, 1.165) is 12.3 Å². The van der Waals surface area contributed by atoms with Gasteiger partial charge in [-0.15, -0.1) is 0 Å². The summed E-state index contributed by atoms with van der Waals surface area (Å²) in [6.45, 7) is 12.0. The van der Waals surface area contributed by atoms with Crippen molar-refractivity contribution in [1.82, 2.24) is 0 Å². The van der Waals surface area contributed by atoms with Crippen LogP contribution in [0.25, 0.3) is 0 Å². The first kappa shape index (κ1) is 18.5. The van der Waals surface area contributed by atoms with Crippen LogP contribution in [0.3, 0.4) is 0 Å². The second kappa shape index (κ2) is 6.99. The first-order chi connectivity index (χ1) is 10.7. The van der Waals surface area contributed by atoms with E-state index in [1.54, 1.807) is 5.57 Å². The third kappa shape index (κ3) is 3.83. The first-order valence-corrected chi connectivity index (χ1v) is 9.44. The third-order valence-electron chi connectivity index (χ3n) is 6.99. The molecule has 0 saturated heterocycles. The van der Waals surface area contributed by atoms with Crippen LogP contribution < -0.4 is 0 Å². The minimum absolute atomic E-state index is 0.0729. The number of hydrogen-bond donors (Lipinski definition) is 0. The van der Waals surface area contributed by atoms with Gasteiger partial charge in [0, 0.05) is 6.42 Å². The molecule has 2 aliphatic carbocycles. The molecular weight excluding hydrogens is 284 g/mol. The van der Waals surface area contributed by atoms with E-state index in [1.165, 1.54) is 39.2 Å². The molecule has 1 saturated carbocycles. The van der Waals surface area contributed by atoms with Gasteiger partial charge in [0.15, 0.2) is 0 Å². The van der Waals surface area contributed by atoms with E-state index >= 15 is 0 Å². The summed E-state index contributed by atoms with van der Waals surface area (Å²) in [4.78, 5) is 11.5. The minimum atomic E-state index is -0.0729. The molecule has 0 N–H and O–H groups in total. The van der Waals surface area contributed by atoms with Gasteiger partial charge in [-0.2, -0.15) is 0 Å². The van der Waals surface area contributed by atoms with Crippen molar-refractivity contribution in [2.24, 2.45) is 28.6 Å². The molecule has 23 heavy (non-hydrogen) atoms. The van der Waals surface area contributed by atoms with Crippen molar-refractivity contribution in [2.75, 3.05) is 7.11 Å². The molecule has 2 nitrogen and oxygen atoms in total. The molecule has 0 aromatic rings. The summed E-state index contributed by atoms with van der Waals surface area (Å²) < 4.78 is 4.82. The predicted molar refractivity (Wildman–Crippen MR) is 96.1 cm³/mol. The third-order valence-corrected chi connectivity index (χ3v) is 6.99. The van der Waals surface area contributed by atoms with Crippen LogP contribution in [0.1, 0.15) is 79.6 Å². The van der Waals surface area contributed by atoms with Crippen molar-refractivity contribution in [3.8, 4) is 0 Å². The molecule has 0 aromatic carbocycles. The number of carbonyl (C=O) groups is 1. The van der Waals surface area contributed by atoms with Crippen molar-refractivity contribution in [2.45, 2.75) is 79.6 Å². The first-order valence-electron chi connectivity index (χ1n) is 9.44. The van der Waals surface area contributed by atoms with Gasteiger partial charge in [-0.3, -0.25) is 4.79 Å². The standard InChI is InChI=1S/C21H36O2/c1-15(14-19(22)23-6)8-10-17-16(2)9-11-18-20(3,4)12-7-13-21(17,18)5/h9,15,17-18H,7-8,10-14H2,1-6H3/t15-,17-,18-,21+/m0/s1. The maximum atomic E-state index is 11.5. The summed E-state index contributed by atoms with van der Waals surface area (Å²) in [5, 5.41) is 0. The Balaban J connectivity index is 2.08. The number of esters is 1. The predicted octanol–water partition coefficient (Wildman–Crippen LogP) is 5.76. The molecule has 4 atom stereocenters. The smallest absolute Gasteiger partial charge is 0.305 e. The zero-order valence-corrected chi connectivity index (χ0v) is 16.1. The molecule has 0 bridgehead atoms. The zero-order valence-electron chi connectivity index (χ0n) is 16.1. The molecule has 2 heteroatoms. The van der Waals surface area contributed by atoms with E-state index in [9.17, 15) is 4.79 Å². The lowest BCUT2D eigenvalue weighted by atomic mass is 9.48. The maximum Gasteiger partial charge on any atom is 0.305 e. The van der Waals surface area contributed by atoms with Gasteiger partial charge in [0.05, 0.1) is 7.11 Å². The largest absolute Gasteiger partial charge is 0.469 e. The molecule has 1 fully saturated rings. The summed E-state index contributed by atoms with van der Waals surface area (Å²) in [5.41, 5.74) is 2.48. The van der Waals surface area contributed by atoms with Crippen LogP contribution in [0, 0.1) is 28.6 Å². The van der Waals surface area contributed by atoms with Crippen molar-refractivity contribution >= 4 is 5.97 Å². The lowest BCUT2D eigenvalue weighted by Gasteiger charge is -2.57. The van der Waals surface area contributed by atoms with E-state index in [4.69, 9.17) is 4.74 Å². The van der Waals surface area contributed by atoms with Crippen LogP contribution in [0.15, 0.2) is 11.6 Å². The molecule has 2 aliphatic rings. The summed E-state index contributed by atoms with van der Waals surface area (Å²) in [6, 6.07) is 0. The number of hydrogen-bond acceptors (Lipinski definition) is 2. The Hall–Kier alpha value is -0.790. The van der Waals surface area contributed by atoms with Crippen LogP contribution in [-0.2, 0) is 9.53 Å². The van der Waals surface area contributed by atoms with Crippen molar-refractivity contribution < 1.29 is 9.53 Å². The number of allylic oxidation sites excluding steroid dienone is 2. The zero-order chi connectivity index (χ0) is 17.3. The SMILES string of the molecule is COC(=O)C[C@@H](C)CC[C@H]1C(C)=CC[C@H]2C(C)(C)CCC[C@]12C. The van der Waals surface area contributed by atoms with Crippen molar-refractivity contribution in [3.05, 3.63) is 11.6 Å². The van der Waals surface area contributed by atoms with Gasteiger partial charge in [-0.05, 0) is 67.6 Å². The normalized spacial score (nSPS) is 34.3. The van der Waals surface area contributed by atoms with Crippen molar-refractivity contribution in [1.29, 1.82) is 0 Å². The Kier molecular flexibility index (Phi) is 5.63. The van der Waals surface area contributed by atoms with E-state index in [-0.39, 0.29) is 5.97 Å². The second-order valence-corrected chi connectivity index (χ2v) is 9.10. The van der Waals surface area contributed by atoms with Crippen molar-refractivity contribution in [3.63, 3.8) is 0 Å². The van der Waals surface area contributed by atoms with Gasteiger partial charge in [0.2, 0.25) is 0 Å². The van der Waals surface area contributed by atoms with Gasteiger partial charge in [0.1, 0.15) is 0 Å². The number of ether oxygens (including phenoxy) is 1. The van der Waals surface area contributed by atoms with Crippen LogP contribution in [-0.4, -0.2) is 13.1 Å². The maximum absolute atomic E-state index is 11.5. The average molecular weight is 321 g/mol. The van der Waals surface area contributed by atoms with E-state index in [0.29, 0.717) is 29.1 Å². The summed E-state index contributed by atoms with van der Waals surface area (Å²) in [5.74, 6) is 1.82. The Bertz CT molecular complexity index is 462. The number of carbonyl (C=O) groups excluding carboxylic acids is 1. The highest BCUT2D eigenvalue weighted by Gasteiger charge is 2.51. The molecule has 0 radical (unpaired) electrons. The summed E-state index contributed by atoms with van der Waals surface area (Å²) >= 11 is 0. The molecule has 0 unspecified atom stereocenters. The van der Waals surface area contributed by atoms with Crippen LogP contribution in [0.5, 0.6) is 0 Å². The fourth-order valence-corrected chi connectivity index (χ4v) is 5.62. The van der Waals surface area contributed by atoms with Gasteiger partial charge in [-0.1, -0.05) is 45.8 Å². The highest BCUT2D eigenvalue weighted by atomic mass is 16.5. The highest BCUT2D eigenvalue weighted by molar-refractivity contribution is 5.69. The van der Waals surface area contributed by atoms with Crippen LogP contribution >= 0.6 is 0 Å². The van der Waals surface area contributed by atoms with Gasteiger partial charge >= 0.3 is 5.97 Å². The lowest BCUT2D eigenvalue weighted by molar-refractivity contribution is -0.141. The molecule has 0 aromatic heterocycles. The van der Waals surface area contributed by atoms with Gasteiger partial charge < -0.3 is 4.74 Å². The monoisotopic (exact) mass is 320 g/mol. The Labute approximate surface area is 143 Å². The fourth-order valence-electron chi connectivity index (χ4n) is 5.62. The van der Waals surface area contributed by atoms with E-state index < -0.39 is 0 Å². The quantitative estimate of drug-likeness (QED) is 0.475. The average Bonchev–Trinajstić information content (AvgIpc) is 2.45. The van der Waals surface area contributed by atoms with E-state index in [1.807, 2.05) is 0 Å². The Morgan fingerprint density at radius 3 is 2.70 bits per heavy atom. The second-order valence-electron chi connectivity index (χ2n) is 9.10. The Morgan fingerprint density at radius 2 is 2.04 bits per heavy atom. The van der Waals surface area contributed by atoms with Gasteiger partial charge in [-0.25, -0.2) is 0 Å². The molecular formula is C21H36O2. The Morgan fingerprint density at radius 1 is 1.35 bits per heavy atom. The molecule has 0 heterocycles. The number of fused-ring (bicyclic) bond motifs is 1. The summed E-state index contributed by atoms with van der Waals surface area (Å²) in [6.07, 6.45) is 10.7. The molecule has 0 aliphatic heterocycles. The molecule has 0 amide bonds. The summed E-state index contributed by atoms with van der Waals surface area (Å²) in [7, 11) is 1.48. The van der Waals surface area contributed by atoms with Crippen LogP contribution in [0.4, 0.5) is 0 Å². The molecule has 0 spiro atoms. The molecule has 2 rings (SSSR count). The fraction of sp³-hybridized carbons (Fsp3) is 0.857.